The van der Waals surface area contributed by atoms with Gasteiger partial charge < -0.3 is 36.8 Å². The molecule has 49 heavy (non-hydrogen) atoms. The number of aromatic hydroxyl groups is 2. The third kappa shape index (κ3) is 11.7. The van der Waals surface area contributed by atoms with Crippen LogP contribution in [0, 0.1) is 0 Å². The molecule has 260 valence electrons. The minimum atomic E-state index is -0.621. The third-order valence-electron chi connectivity index (χ3n) is 8.64. The van der Waals surface area contributed by atoms with E-state index >= 15 is 0 Å². The smallest absolute Gasteiger partial charge is 0.161 e. The lowest BCUT2D eigenvalue weighted by Crippen LogP contribution is -2.20. The predicted molar refractivity (Wildman–Crippen MR) is 194 cm³/mol. The van der Waals surface area contributed by atoms with E-state index in [-0.39, 0.29) is 36.1 Å². The molecular formula is C40H49N4O5-. The number of unbranched alkanes of at least 4 members (excludes halogenated alkanes) is 4. The van der Waals surface area contributed by atoms with Crippen molar-refractivity contribution in [3.8, 4) is 17.2 Å². The molecule has 1 heterocycles. The van der Waals surface area contributed by atoms with Gasteiger partial charge in [0.2, 0.25) is 0 Å². The minimum Gasteiger partial charge on any atom is -0.875 e. The average Bonchev–Trinajstić information content (AvgIpc) is 3.65. The van der Waals surface area contributed by atoms with Crippen LogP contribution in [0.4, 0.5) is 0 Å². The zero-order chi connectivity index (χ0) is 35.0. The van der Waals surface area contributed by atoms with Crippen LogP contribution in [-0.4, -0.2) is 42.4 Å². The second kappa shape index (κ2) is 19.3. The van der Waals surface area contributed by atoms with Crippen molar-refractivity contribution >= 4 is 12.0 Å². The number of aliphatic imine (C=N–C) groups is 1. The van der Waals surface area contributed by atoms with Crippen molar-refractivity contribution in [1.82, 2.24) is 5.32 Å². The van der Waals surface area contributed by atoms with E-state index in [2.05, 4.69) is 10.3 Å². The fraction of sp³-hybridized carbons (Fsp3) is 0.350. The molecule has 9 nitrogen and oxygen atoms in total. The number of ether oxygens (including phenoxy) is 1. The number of nitrogens with one attached hydrogen (secondary N) is 1. The summed E-state index contributed by atoms with van der Waals surface area (Å²) in [5.41, 5.74) is 16.2. The summed E-state index contributed by atoms with van der Waals surface area (Å²) in [7, 11) is 1.96. The maximum absolute atomic E-state index is 13.2. The molecule has 9 heteroatoms. The van der Waals surface area contributed by atoms with Gasteiger partial charge in [0, 0.05) is 36.7 Å². The second-order valence-electron chi connectivity index (χ2n) is 12.4. The van der Waals surface area contributed by atoms with E-state index in [1.807, 2.05) is 49.5 Å². The molecule has 3 aromatic rings. The number of aryl methyl sites for hydroxylation is 1. The van der Waals surface area contributed by atoms with Gasteiger partial charge in [0.25, 0.3) is 0 Å². The molecule has 0 aromatic heterocycles. The van der Waals surface area contributed by atoms with Crippen LogP contribution in [0.1, 0.15) is 84.8 Å². The highest BCUT2D eigenvalue weighted by Gasteiger charge is 2.20. The summed E-state index contributed by atoms with van der Waals surface area (Å²) in [4.78, 5) is 16.4. The molecule has 4 rings (SSSR count). The van der Waals surface area contributed by atoms with Gasteiger partial charge in [-0.3, -0.25) is 9.79 Å². The molecule has 0 unspecified atom stereocenters. The van der Waals surface area contributed by atoms with Crippen molar-refractivity contribution in [2.24, 2.45) is 16.5 Å². The van der Waals surface area contributed by atoms with E-state index in [1.165, 1.54) is 19.3 Å². The fourth-order valence-electron chi connectivity index (χ4n) is 5.75. The molecule has 3 aromatic carbocycles. The van der Waals surface area contributed by atoms with Gasteiger partial charge >= 0.3 is 0 Å². The zero-order valence-corrected chi connectivity index (χ0v) is 28.3. The van der Waals surface area contributed by atoms with Crippen molar-refractivity contribution < 1.29 is 24.9 Å². The molecule has 0 saturated carbocycles. The molecule has 1 aliphatic rings. The SMILES string of the molecule is CNCCCCCC/C=C/C(=O)CCc1ccc(O)c(OCCc2ccc(O)c([C@H](CC([O-])=C3C=CN=C3)c3ccc(C(N)N)cc3)c2)c1. The van der Waals surface area contributed by atoms with E-state index in [0.29, 0.717) is 36.1 Å². The topological polar surface area (TPSA) is 166 Å². The highest BCUT2D eigenvalue weighted by atomic mass is 16.5. The van der Waals surface area contributed by atoms with Gasteiger partial charge in [-0.05, 0) is 104 Å². The quantitative estimate of drug-likeness (QED) is 0.0450. The number of rotatable bonds is 20. The average molecular weight is 666 g/mol. The number of phenols is 2. The Labute approximate surface area is 289 Å². The maximum Gasteiger partial charge on any atom is 0.161 e. The number of benzene rings is 3. The van der Waals surface area contributed by atoms with Gasteiger partial charge in [0.15, 0.2) is 17.3 Å². The third-order valence-corrected chi connectivity index (χ3v) is 8.64. The van der Waals surface area contributed by atoms with Gasteiger partial charge in [-0.15, -0.1) is 5.76 Å². The molecule has 0 amide bonds. The summed E-state index contributed by atoms with van der Waals surface area (Å²) in [5.74, 6) is 0.0180. The highest BCUT2D eigenvalue weighted by molar-refractivity contribution is 5.89. The summed E-state index contributed by atoms with van der Waals surface area (Å²) >= 11 is 0. The van der Waals surface area contributed by atoms with Crippen LogP contribution in [0.2, 0.25) is 0 Å². The Bertz CT molecular complexity index is 1630. The fourth-order valence-corrected chi connectivity index (χ4v) is 5.75. The Kier molecular flexibility index (Phi) is 14.6. The van der Waals surface area contributed by atoms with E-state index < -0.39 is 12.1 Å². The van der Waals surface area contributed by atoms with Crippen LogP contribution in [0.3, 0.4) is 0 Å². The molecule has 7 N–H and O–H groups in total. The number of hydrogen-bond acceptors (Lipinski definition) is 9. The van der Waals surface area contributed by atoms with Gasteiger partial charge in [0.05, 0.1) is 12.8 Å². The maximum atomic E-state index is 13.2. The number of phenolic OH excluding ortho intramolecular Hbond substituents is 2. The lowest BCUT2D eigenvalue weighted by atomic mass is 9.85. The number of nitrogens with two attached hydrogens (primary N) is 2. The van der Waals surface area contributed by atoms with Crippen LogP contribution in [0.15, 0.2) is 101 Å². The predicted octanol–water partition coefficient (Wildman–Crippen LogP) is 5.60. The molecule has 0 aliphatic carbocycles. The first-order valence-corrected chi connectivity index (χ1v) is 17.1. The Hall–Kier alpha value is -4.70. The van der Waals surface area contributed by atoms with Crippen molar-refractivity contribution in [1.29, 1.82) is 0 Å². The number of ketones is 1. The minimum absolute atomic E-state index is 0.0253. The number of allylic oxidation sites excluding steroid dienone is 5. The summed E-state index contributed by atoms with van der Waals surface area (Å²) in [6.07, 6.45) is 14.9. The Balaban J connectivity index is 1.37. The highest BCUT2D eigenvalue weighted by Crippen LogP contribution is 2.37. The van der Waals surface area contributed by atoms with Crippen molar-refractivity contribution in [3.63, 3.8) is 0 Å². The first-order chi connectivity index (χ1) is 23.7. The number of carbonyl (C=O) groups excluding carboxylic acids is 1. The summed E-state index contributed by atoms with van der Waals surface area (Å²) in [6.45, 7) is 1.31. The lowest BCUT2D eigenvalue weighted by molar-refractivity contribution is -0.307. The number of nitrogens with zero attached hydrogens (tertiary/aromatic N) is 1. The number of hydrogen-bond donors (Lipinski definition) is 5. The lowest BCUT2D eigenvalue weighted by Gasteiger charge is -2.25. The van der Waals surface area contributed by atoms with Crippen molar-refractivity contribution in [3.05, 3.63) is 124 Å². The molecular weight excluding hydrogens is 616 g/mol. The zero-order valence-electron chi connectivity index (χ0n) is 28.3. The van der Waals surface area contributed by atoms with Gasteiger partial charge in [-0.2, -0.15) is 0 Å². The molecule has 0 saturated heterocycles. The summed E-state index contributed by atoms with van der Waals surface area (Å²) in [6, 6.07) is 17.9. The summed E-state index contributed by atoms with van der Waals surface area (Å²) < 4.78 is 5.98. The summed E-state index contributed by atoms with van der Waals surface area (Å²) in [5, 5.41) is 37.8. The van der Waals surface area contributed by atoms with Crippen molar-refractivity contribution in [2.75, 3.05) is 20.2 Å². The monoisotopic (exact) mass is 665 g/mol. The van der Waals surface area contributed by atoms with Crippen LogP contribution < -0.4 is 26.6 Å². The molecule has 0 bridgehead atoms. The van der Waals surface area contributed by atoms with E-state index in [1.54, 1.807) is 48.8 Å². The van der Waals surface area contributed by atoms with E-state index in [9.17, 15) is 20.1 Å². The molecule has 0 radical (unpaired) electrons. The second-order valence-corrected chi connectivity index (χ2v) is 12.4. The molecule has 0 spiro atoms. The first-order valence-electron chi connectivity index (χ1n) is 17.1. The number of carbonyl (C=O) groups is 1. The van der Waals surface area contributed by atoms with Crippen molar-refractivity contribution in [2.45, 2.75) is 69.9 Å². The van der Waals surface area contributed by atoms with Crippen LogP contribution >= 0.6 is 0 Å². The molecule has 0 fully saturated rings. The van der Waals surface area contributed by atoms with Gasteiger partial charge in [0.1, 0.15) is 5.75 Å². The standard InChI is InChI=1S/C40H50N4O5/c1-43-21-7-5-3-2-4-6-8-33(45)16-9-28-11-18-37(47)39(25-28)49-23-20-29-10-17-36(46)35(24-29)34(26-38(48)32-19-22-44-27-32)30-12-14-31(15-13-30)40(41)42/h6,8,10-15,17-19,22,24-25,27,34,40,43,46-48H,2-5,7,9,16,20-21,23,26,41-42H2,1H3/p-1/b8-6+,38-32?/t34-/m1/s1. The van der Waals surface area contributed by atoms with Crippen LogP contribution in [0.5, 0.6) is 17.2 Å². The Morgan fingerprint density at radius 2 is 1.65 bits per heavy atom. The first kappa shape index (κ1) is 37.1. The molecule has 1 aliphatic heterocycles. The van der Waals surface area contributed by atoms with Crippen LogP contribution in [-0.2, 0) is 17.6 Å². The molecule has 1 atom stereocenters. The van der Waals surface area contributed by atoms with Gasteiger partial charge in [-0.25, -0.2) is 0 Å². The largest absolute Gasteiger partial charge is 0.875 e. The van der Waals surface area contributed by atoms with Gasteiger partial charge in [-0.1, -0.05) is 61.4 Å². The Morgan fingerprint density at radius 1 is 0.939 bits per heavy atom. The van der Waals surface area contributed by atoms with E-state index in [4.69, 9.17) is 16.2 Å². The normalized spacial score (nSPS) is 14.2. The Morgan fingerprint density at radius 3 is 2.37 bits per heavy atom. The van der Waals surface area contributed by atoms with Crippen LogP contribution in [0.25, 0.3) is 0 Å². The van der Waals surface area contributed by atoms with E-state index in [0.717, 1.165) is 41.6 Å².